The maximum atomic E-state index is 12.5. The van der Waals surface area contributed by atoms with E-state index in [0.717, 1.165) is 28.5 Å². The number of rotatable bonds is 1. The summed E-state index contributed by atoms with van der Waals surface area (Å²) in [7, 11) is 0. The van der Waals surface area contributed by atoms with Crippen molar-refractivity contribution in [3.8, 4) is 16.9 Å². The van der Waals surface area contributed by atoms with Gasteiger partial charge in [0.1, 0.15) is 5.69 Å². The van der Waals surface area contributed by atoms with E-state index >= 15 is 0 Å². The third-order valence-electron chi connectivity index (χ3n) is 3.43. The zero-order chi connectivity index (χ0) is 13.7. The highest BCUT2D eigenvalue weighted by molar-refractivity contribution is 7.99. The van der Waals surface area contributed by atoms with Gasteiger partial charge >= 0.3 is 0 Å². The Morgan fingerprint density at radius 1 is 1.29 bits per heavy atom. The van der Waals surface area contributed by atoms with E-state index in [-0.39, 0.29) is 11.0 Å². The second kappa shape index (κ2) is 5.22. The molecule has 3 N–H and O–H groups in total. The van der Waals surface area contributed by atoms with Crippen molar-refractivity contribution >= 4 is 23.4 Å². The van der Waals surface area contributed by atoms with Gasteiger partial charge < -0.3 is 10.5 Å². The van der Waals surface area contributed by atoms with Crippen molar-refractivity contribution < 1.29 is 5.48 Å². The zero-order valence-corrected chi connectivity index (χ0v) is 12.5. The molecule has 0 radical (unpaired) electrons. The molecule has 1 aromatic rings. The van der Waals surface area contributed by atoms with Crippen molar-refractivity contribution in [1.29, 1.82) is 0 Å². The fourth-order valence-electron chi connectivity index (χ4n) is 2.43. The van der Waals surface area contributed by atoms with E-state index in [4.69, 9.17) is 11.6 Å². The van der Waals surface area contributed by atoms with Crippen molar-refractivity contribution in [2.75, 3.05) is 5.75 Å². The number of hydrogen-bond donors (Lipinski definition) is 1. The molecular formula is C14H12ClN3O2S. The van der Waals surface area contributed by atoms with Gasteiger partial charge in [-0.2, -0.15) is 9.78 Å². The average molecular weight is 322 g/mol. The highest BCUT2D eigenvalue weighted by Crippen LogP contribution is 2.37. The maximum Gasteiger partial charge on any atom is 0.282 e. The molecule has 5 nitrogen and oxygen atoms in total. The molecule has 4 rings (SSSR count). The summed E-state index contributed by atoms with van der Waals surface area (Å²) in [6, 6.07) is 7.11. The van der Waals surface area contributed by atoms with E-state index in [2.05, 4.69) is 10.1 Å². The summed E-state index contributed by atoms with van der Waals surface area (Å²) in [4.78, 5) is 16.8. The van der Waals surface area contributed by atoms with Crippen LogP contribution in [0.1, 0.15) is 5.69 Å². The Kier molecular flexibility index (Phi) is 3.52. The van der Waals surface area contributed by atoms with E-state index in [1.807, 2.05) is 0 Å². The lowest BCUT2D eigenvalue weighted by molar-refractivity contribution is 0.824. The van der Waals surface area contributed by atoms with Gasteiger partial charge in [0.15, 0.2) is 0 Å². The van der Waals surface area contributed by atoms with Crippen LogP contribution < -0.4 is 5.56 Å². The normalized spacial score (nSPS) is 13.2. The molecule has 0 aromatic heterocycles. The number of pyridine rings is 1. The van der Waals surface area contributed by atoms with Crippen LogP contribution in [0.3, 0.4) is 0 Å². The number of nitrogens with one attached hydrogen (secondary N) is 1. The molecule has 1 aromatic carbocycles. The van der Waals surface area contributed by atoms with Crippen LogP contribution in [0.15, 0.2) is 40.2 Å². The Balaban J connectivity index is 0.00000132. The van der Waals surface area contributed by atoms with Gasteiger partial charge in [0.2, 0.25) is 0 Å². The van der Waals surface area contributed by atoms with Crippen LogP contribution in [0.4, 0.5) is 0 Å². The van der Waals surface area contributed by atoms with Crippen molar-refractivity contribution in [2.45, 2.75) is 11.3 Å². The van der Waals surface area contributed by atoms with Crippen molar-refractivity contribution in [3.05, 3.63) is 51.5 Å². The standard InChI is InChI=1S/C14H10ClN3OS.H2O/c15-8-1-3-9(4-2-8)18-14(19)10-7-16-11-5-6-20-13(11)12(10)17-18;/h1-4,7,16H,5-6H2;1H2. The van der Waals surface area contributed by atoms with Crippen LogP contribution in [-0.2, 0) is 6.42 Å². The lowest BCUT2D eigenvalue weighted by Gasteiger charge is -2.02. The number of aromatic nitrogens is 3. The van der Waals surface area contributed by atoms with Gasteiger partial charge in [0.25, 0.3) is 5.56 Å². The number of nitrogens with zero attached hydrogens (tertiary/aromatic N) is 2. The minimum atomic E-state index is -0.103. The zero-order valence-electron chi connectivity index (χ0n) is 10.9. The summed E-state index contributed by atoms with van der Waals surface area (Å²) in [6.07, 6.45) is 2.76. The molecule has 0 bridgehead atoms. The van der Waals surface area contributed by atoms with Gasteiger partial charge in [0, 0.05) is 22.7 Å². The Hall–Kier alpha value is -1.76. The van der Waals surface area contributed by atoms with Gasteiger partial charge in [-0.25, -0.2) is 0 Å². The summed E-state index contributed by atoms with van der Waals surface area (Å²) in [5, 5.41) is 5.15. The molecule has 21 heavy (non-hydrogen) atoms. The first-order valence-electron chi connectivity index (χ1n) is 6.26. The first kappa shape index (κ1) is 14.2. The fourth-order valence-corrected chi connectivity index (χ4v) is 3.69. The molecule has 0 saturated carbocycles. The van der Waals surface area contributed by atoms with E-state index in [9.17, 15) is 4.79 Å². The average Bonchev–Trinajstić information content (AvgIpc) is 3.04. The Morgan fingerprint density at radius 3 is 2.81 bits per heavy atom. The molecule has 3 aliphatic rings. The fraction of sp³-hybridized carbons (Fsp3) is 0.143. The summed E-state index contributed by atoms with van der Waals surface area (Å²) < 4.78 is 1.44. The lowest BCUT2D eigenvalue weighted by atomic mass is 10.2. The summed E-state index contributed by atoms with van der Waals surface area (Å²) in [5.41, 5.74) is 3.22. The van der Waals surface area contributed by atoms with Crippen molar-refractivity contribution in [1.82, 2.24) is 14.8 Å². The minimum Gasteiger partial charge on any atom is -0.412 e. The van der Waals surface area contributed by atoms with Crippen LogP contribution in [0.2, 0.25) is 5.02 Å². The number of H-pyrrole nitrogens is 1. The lowest BCUT2D eigenvalue weighted by Crippen LogP contribution is -2.14. The monoisotopic (exact) mass is 321 g/mol. The van der Waals surface area contributed by atoms with Crippen LogP contribution in [0.5, 0.6) is 0 Å². The number of halogens is 1. The van der Waals surface area contributed by atoms with Crippen LogP contribution >= 0.6 is 23.4 Å². The first-order chi connectivity index (χ1) is 9.74. The van der Waals surface area contributed by atoms with Crippen LogP contribution in [0, 0.1) is 0 Å². The smallest absolute Gasteiger partial charge is 0.282 e. The number of thioether (sulfide) groups is 1. The first-order valence-corrected chi connectivity index (χ1v) is 7.62. The van der Waals surface area contributed by atoms with Crippen molar-refractivity contribution in [3.63, 3.8) is 0 Å². The molecule has 0 spiro atoms. The molecule has 0 atom stereocenters. The van der Waals surface area contributed by atoms with Gasteiger partial charge in [-0.3, -0.25) is 4.79 Å². The Labute approximate surface area is 129 Å². The molecule has 0 amide bonds. The molecule has 0 fully saturated rings. The number of aromatic amines is 1. The number of benzene rings is 1. The maximum absolute atomic E-state index is 12.5. The predicted molar refractivity (Wildman–Crippen MR) is 83.9 cm³/mol. The third-order valence-corrected chi connectivity index (χ3v) is 4.82. The third kappa shape index (κ3) is 2.16. The molecule has 0 aliphatic carbocycles. The van der Waals surface area contributed by atoms with Gasteiger partial charge in [-0.05, 0) is 30.7 Å². The van der Waals surface area contributed by atoms with Crippen LogP contribution in [0.25, 0.3) is 16.9 Å². The second-order valence-corrected chi connectivity index (χ2v) is 6.19. The summed E-state index contributed by atoms with van der Waals surface area (Å²) >= 11 is 7.63. The minimum absolute atomic E-state index is 0. The van der Waals surface area contributed by atoms with E-state index < -0.39 is 0 Å². The Bertz CT molecular complexity index is 825. The largest absolute Gasteiger partial charge is 0.412 e. The molecule has 3 heterocycles. The van der Waals surface area contributed by atoms with Gasteiger partial charge in [-0.15, -0.1) is 11.8 Å². The molecule has 3 aliphatic heterocycles. The second-order valence-electron chi connectivity index (χ2n) is 4.65. The molecule has 0 saturated heterocycles. The number of fused-ring (bicyclic) bond motifs is 3. The molecular weight excluding hydrogens is 310 g/mol. The van der Waals surface area contributed by atoms with Crippen LogP contribution in [-0.4, -0.2) is 26.0 Å². The predicted octanol–water partition coefficient (Wildman–Crippen LogP) is 2.14. The van der Waals surface area contributed by atoms with E-state index in [1.54, 1.807) is 42.2 Å². The van der Waals surface area contributed by atoms with Crippen molar-refractivity contribution in [2.24, 2.45) is 0 Å². The number of aryl methyl sites for hydroxylation is 1. The molecule has 108 valence electrons. The number of hydrogen-bond acceptors (Lipinski definition) is 3. The van der Waals surface area contributed by atoms with Gasteiger partial charge in [-0.1, -0.05) is 11.6 Å². The molecule has 0 unspecified atom stereocenters. The quantitative estimate of drug-likeness (QED) is 0.745. The Morgan fingerprint density at radius 2 is 2.05 bits per heavy atom. The van der Waals surface area contributed by atoms with Gasteiger partial charge in [0.05, 0.1) is 16.1 Å². The van der Waals surface area contributed by atoms with E-state index in [1.165, 1.54) is 10.4 Å². The molecule has 7 heteroatoms. The highest BCUT2D eigenvalue weighted by Gasteiger charge is 2.25. The summed E-state index contributed by atoms with van der Waals surface area (Å²) in [5.74, 6) is 1.03. The topological polar surface area (TPSA) is 82.2 Å². The van der Waals surface area contributed by atoms with E-state index in [0.29, 0.717) is 10.6 Å². The highest BCUT2D eigenvalue weighted by atomic mass is 35.5. The SMILES string of the molecule is O.O=c1c2c[nH]c3c(c-2nn1-c1ccc(Cl)cc1)SCC3. The summed E-state index contributed by atoms with van der Waals surface area (Å²) in [6.45, 7) is 0.